The number of anilines is 3. The normalized spacial score (nSPS) is 11.3. The third-order valence-corrected chi connectivity index (χ3v) is 8.97. The lowest BCUT2D eigenvalue weighted by atomic mass is 9.86. The van der Waals surface area contributed by atoms with Crippen molar-refractivity contribution in [2.24, 2.45) is 0 Å². The molecule has 0 aliphatic rings. The van der Waals surface area contributed by atoms with Crippen LogP contribution in [0.5, 0.6) is 0 Å². The summed E-state index contributed by atoms with van der Waals surface area (Å²) in [6.07, 6.45) is 3.78. The Morgan fingerprint density at radius 2 is 1.00 bits per heavy atom. The number of hydrogen-bond donors (Lipinski definition) is 0. The van der Waals surface area contributed by atoms with Crippen LogP contribution in [0.15, 0.2) is 181 Å². The molecule has 0 aliphatic heterocycles. The predicted molar refractivity (Wildman–Crippen MR) is 198 cm³/mol. The van der Waals surface area contributed by atoms with Crippen molar-refractivity contribution >= 4 is 49.8 Å². The van der Waals surface area contributed by atoms with Crippen molar-refractivity contribution < 1.29 is 4.42 Å². The summed E-state index contributed by atoms with van der Waals surface area (Å²) in [6, 6.07) is 57.0. The zero-order valence-corrected chi connectivity index (χ0v) is 26.0. The van der Waals surface area contributed by atoms with E-state index >= 15 is 0 Å². The molecule has 48 heavy (non-hydrogen) atoms. The number of benzene rings is 6. The lowest BCUT2D eigenvalue weighted by Gasteiger charge is -2.23. The Balaban J connectivity index is 1.19. The largest absolute Gasteiger partial charge is 0.440 e. The Hall–Kier alpha value is -6.52. The topological polar surface area (TPSA) is 42.2 Å². The van der Waals surface area contributed by atoms with Gasteiger partial charge in [0.15, 0.2) is 0 Å². The summed E-state index contributed by atoms with van der Waals surface area (Å²) in [5, 5.41) is 5.85. The Morgan fingerprint density at radius 3 is 1.62 bits per heavy atom. The molecule has 4 heteroatoms. The lowest BCUT2D eigenvalue weighted by molar-refractivity contribution is 0.621. The smallest absolute Gasteiger partial charge is 0.205 e. The maximum Gasteiger partial charge on any atom is 0.205 e. The van der Waals surface area contributed by atoms with Gasteiger partial charge < -0.3 is 4.42 Å². The van der Waals surface area contributed by atoms with Crippen molar-refractivity contribution in [3.8, 4) is 33.6 Å². The van der Waals surface area contributed by atoms with Crippen LogP contribution in [0.1, 0.15) is 0 Å². The van der Waals surface area contributed by atoms with Crippen LogP contribution in [0, 0.1) is 0 Å². The molecule has 0 radical (unpaired) electrons. The van der Waals surface area contributed by atoms with E-state index in [1.165, 1.54) is 32.7 Å². The van der Waals surface area contributed by atoms with Gasteiger partial charge in [-0.2, -0.15) is 0 Å². The standard InChI is InChI=1S/C44H29N3O/c1-2-13-33(14-3-1)47(42-28-31-12-4-9-20-41(31)48-42)34-24-21-30(22-25-34)43-35-15-5-7-17-37(35)44(38-18-8-6-16-36(38)43)32-23-26-40(46-29-32)39-19-10-11-27-45-39/h1-29H. The fourth-order valence-electron chi connectivity index (χ4n) is 6.79. The quantitative estimate of drug-likeness (QED) is 0.175. The van der Waals surface area contributed by atoms with E-state index in [1.54, 1.807) is 6.20 Å². The van der Waals surface area contributed by atoms with E-state index in [0.717, 1.165) is 50.7 Å². The summed E-state index contributed by atoms with van der Waals surface area (Å²) in [4.78, 5) is 11.5. The zero-order valence-electron chi connectivity index (χ0n) is 26.0. The van der Waals surface area contributed by atoms with Gasteiger partial charge in [-0.15, -0.1) is 0 Å². The van der Waals surface area contributed by atoms with Crippen LogP contribution in [-0.4, -0.2) is 9.97 Å². The Bertz CT molecular complexity index is 2450. The van der Waals surface area contributed by atoms with Crippen molar-refractivity contribution in [1.82, 2.24) is 9.97 Å². The first-order chi connectivity index (χ1) is 23.8. The average Bonchev–Trinajstić information content (AvgIpc) is 3.59. The molecule has 0 saturated heterocycles. The molecular formula is C44H29N3O. The third kappa shape index (κ3) is 4.79. The minimum Gasteiger partial charge on any atom is -0.440 e. The molecule has 3 heterocycles. The van der Waals surface area contributed by atoms with Crippen LogP contribution >= 0.6 is 0 Å². The molecule has 9 aromatic rings. The molecule has 0 saturated carbocycles. The van der Waals surface area contributed by atoms with E-state index in [9.17, 15) is 0 Å². The number of aromatic nitrogens is 2. The molecule has 226 valence electrons. The number of pyridine rings is 2. The predicted octanol–water partition coefficient (Wildman–Crippen LogP) is 12.0. The van der Waals surface area contributed by atoms with E-state index in [2.05, 4.69) is 131 Å². The first-order valence-electron chi connectivity index (χ1n) is 16.1. The Morgan fingerprint density at radius 1 is 0.438 bits per heavy atom. The van der Waals surface area contributed by atoms with Crippen LogP contribution < -0.4 is 4.90 Å². The fraction of sp³-hybridized carbons (Fsp3) is 0. The SMILES string of the molecule is c1ccc(N(c2ccc(-c3c4ccccc4c(-c4ccc(-c5ccccn5)nc4)c4ccccc34)cc2)c2cc3ccccc3o2)cc1. The third-order valence-electron chi connectivity index (χ3n) is 8.97. The van der Waals surface area contributed by atoms with Crippen LogP contribution in [0.2, 0.25) is 0 Å². The summed E-state index contributed by atoms with van der Waals surface area (Å²) in [6.45, 7) is 0. The second-order valence-electron chi connectivity index (χ2n) is 11.8. The summed E-state index contributed by atoms with van der Waals surface area (Å²) in [5.41, 5.74) is 9.27. The molecule has 0 spiro atoms. The molecule has 0 N–H and O–H groups in total. The van der Waals surface area contributed by atoms with Gasteiger partial charge in [0.05, 0.1) is 11.4 Å². The first kappa shape index (κ1) is 27.8. The van der Waals surface area contributed by atoms with Crippen molar-refractivity contribution in [2.75, 3.05) is 4.90 Å². The van der Waals surface area contributed by atoms with E-state index in [1.807, 2.05) is 48.7 Å². The second-order valence-corrected chi connectivity index (χ2v) is 11.8. The maximum absolute atomic E-state index is 6.37. The van der Waals surface area contributed by atoms with E-state index in [4.69, 9.17) is 9.40 Å². The van der Waals surface area contributed by atoms with E-state index < -0.39 is 0 Å². The Kier molecular flexibility index (Phi) is 6.76. The second kappa shape index (κ2) is 11.7. The number of rotatable bonds is 6. The van der Waals surface area contributed by atoms with Gasteiger partial charge in [-0.25, -0.2) is 0 Å². The van der Waals surface area contributed by atoms with Crippen LogP contribution in [0.25, 0.3) is 66.2 Å². The van der Waals surface area contributed by atoms with Gasteiger partial charge in [-0.05, 0) is 86.8 Å². The zero-order chi connectivity index (χ0) is 31.9. The van der Waals surface area contributed by atoms with Crippen LogP contribution in [0.3, 0.4) is 0 Å². The summed E-state index contributed by atoms with van der Waals surface area (Å²) >= 11 is 0. The van der Waals surface area contributed by atoms with Crippen molar-refractivity contribution in [3.63, 3.8) is 0 Å². The molecule has 0 fully saturated rings. The minimum atomic E-state index is 0.776. The number of nitrogens with zero attached hydrogens (tertiary/aromatic N) is 3. The fourth-order valence-corrected chi connectivity index (χ4v) is 6.79. The highest BCUT2D eigenvalue weighted by molar-refractivity contribution is 6.21. The van der Waals surface area contributed by atoms with Gasteiger partial charge in [0.2, 0.25) is 5.88 Å². The maximum atomic E-state index is 6.37. The van der Waals surface area contributed by atoms with Crippen molar-refractivity contribution in [3.05, 3.63) is 176 Å². The molecule has 9 rings (SSSR count). The highest BCUT2D eigenvalue weighted by Gasteiger charge is 2.19. The van der Waals surface area contributed by atoms with Crippen LogP contribution in [0.4, 0.5) is 17.3 Å². The van der Waals surface area contributed by atoms with Gasteiger partial charge in [0.1, 0.15) is 5.58 Å². The summed E-state index contributed by atoms with van der Waals surface area (Å²) in [7, 11) is 0. The molecular weight excluding hydrogens is 587 g/mol. The lowest BCUT2D eigenvalue weighted by Crippen LogP contribution is -2.08. The minimum absolute atomic E-state index is 0.776. The molecule has 0 unspecified atom stereocenters. The van der Waals surface area contributed by atoms with Gasteiger partial charge in [-0.1, -0.05) is 109 Å². The highest BCUT2D eigenvalue weighted by atomic mass is 16.4. The summed E-state index contributed by atoms with van der Waals surface area (Å²) < 4.78 is 6.37. The molecule has 0 aliphatic carbocycles. The van der Waals surface area contributed by atoms with Gasteiger partial charge in [-0.3, -0.25) is 14.9 Å². The van der Waals surface area contributed by atoms with Gasteiger partial charge in [0, 0.05) is 40.8 Å². The monoisotopic (exact) mass is 615 g/mol. The number of para-hydroxylation sites is 2. The van der Waals surface area contributed by atoms with E-state index in [0.29, 0.717) is 0 Å². The van der Waals surface area contributed by atoms with Crippen molar-refractivity contribution in [2.45, 2.75) is 0 Å². The molecule has 0 bridgehead atoms. The first-order valence-corrected chi connectivity index (χ1v) is 16.1. The molecule has 0 atom stereocenters. The molecule has 3 aromatic heterocycles. The Labute approximate surface area is 278 Å². The average molecular weight is 616 g/mol. The number of fused-ring (bicyclic) bond motifs is 3. The number of furan rings is 1. The number of hydrogen-bond acceptors (Lipinski definition) is 4. The van der Waals surface area contributed by atoms with Crippen LogP contribution in [-0.2, 0) is 0 Å². The molecule has 4 nitrogen and oxygen atoms in total. The van der Waals surface area contributed by atoms with E-state index in [-0.39, 0.29) is 0 Å². The molecule has 6 aromatic carbocycles. The summed E-state index contributed by atoms with van der Waals surface area (Å²) in [5.74, 6) is 0.776. The van der Waals surface area contributed by atoms with Gasteiger partial charge in [0.25, 0.3) is 0 Å². The van der Waals surface area contributed by atoms with Gasteiger partial charge >= 0.3 is 0 Å². The van der Waals surface area contributed by atoms with Crippen molar-refractivity contribution in [1.29, 1.82) is 0 Å². The molecule has 0 amide bonds. The highest BCUT2D eigenvalue weighted by Crippen LogP contribution is 2.45.